The van der Waals surface area contributed by atoms with Crippen LogP contribution < -0.4 is 0 Å². The summed E-state index contributed by atoms with van der Waals surface area (Å²) < 4.78 is 26.3. The first-order valence-corrected chi connectivity index (χ1v) is 5.38. The molecule has 75 valence electrons. The first-order valence-electron chi connectivity index (χ1n) is 3.91. The van der Waals surface area contributed by atoms with Gasteiger partial charge in [-0.15, -0.1) is 0 Å². The van der Waals surface area contributed by atoms with Gasteiger partial charge in [0.2, 0.25) is 0 Å². The molecule has 1 aromatic carbocycles. The molecule has 0 amide bonds. The zero-order chi connectivity index (χ0) is 10.4. The smallest absolute Gasteiger partial charge is 0.331 e. The van der Waals surface area contributed by atoms with Gasteiger partial charge in [-0.05, 0) is 11.6 Å². The minimum Gasteiger partial charge on any atom is -0.388 e. The average molecular weight is 233 g/mol. The maximum Gasteiger partial charge on any atom is 0.331 e. The molecule has 3 nitrogen and oxygen atoms in total. The summed E-state index contributed by atoms with van der Waals surface area (Å²) in [7, 11) is -3.63. The van der Waals surface area contributed by atoms with Crippen molar-refractivity contribution in [1.29, 1.82) is 0 Å². The Morgan fingerprint density at radius 3 is 2.33 bits per heavy atom. The molecule has 0 unspecified atom stereocenters. The maximum atomic E-state index is 11.0. The molecule has 15 heavy (non-hydrogen) atoms. The minimum atomic E-state index is -3.63. The molecule has 0 aliphatic carbocycles. The fourth-order valence-corrected chi connectivity index (χ4v) is 1.43. The first kappa shape index (κ1) is 14.5. The van der Waals surface area contributed by atoms with E-state index >= 15 is 0 Å². The third kappa shape index (κ3) is 5.79. The summed E-state index contributed by atoms with van der Waals surface area (Å²) in [5.41, 5.74) is 0.795. The van der Waals surface area contributed by atoms with Gasteiger partial charge in [0, 0.05) is 29.6 Å². The van der Waals surface area contributed by atoms with Crippen molar-refractivity contribution in [3.8, 4) is 0 Å². The van der Waals surface area contributed by atoms with Crippen molar-refractivity contribution >= 4 is 45.8 Å². The van der Waals surface area contributed by atoms with Crippen molar-refractivity contribution in [2.45, 2.75) is 0 Å². The van der Waals surface area contributed by atoms with Crippen LogP contribution in [0.25, 0.3) is 6.08 Å². The van der Waals surface area contributed by atoms with Crippen molar-refractivity contribution in [1.82, 2.24) is 0 Å². The molecule has 0 spiro atoms. The van der Waals surface area contributed by atoms with Crippen molar-refractivity contribution < 1.29 is 12.6 Å². The van der Waals surface area contributed by atoms with E-state index in [1.54, 1.807) is 12.1 Å². The van der Waals surface area contributed by atoms with E-state index in [-0.39, 0.29) is 29.6 Å². The predicted octanol–water partition coefficient (Wildman–Crippen LogP) is 1.77. The molecule has 0 N–H and O–H groups in total. The standard InChI is InChI=1S/C10H10O3S.Na/c1-2-13-14(11,12)9-8-10-6-4-3-5-7-10;/h2-9H,1H2;. The second kappa shape index (κ2) is 6.85. The van der Waals surface area contributed by atoms with E-state index in [2.05, 4.69) is 10.8 Å². The van der Waals surface area contributed by atoms with E-state index in [0.717, 1.165) is 17.2 Å². The Morgan fingerprint density at radius 2 is 1.80 bits per heavy atom. The summed E-state index contributed by atoms with van der Waals surface area (Å²) in [5, 5.41) is 0.990. The van der Waals surface area contributed by atoms with E-state index in [9.17, 15) is 8.42 Å². The second-order valence-electron chi connectivity index (χ2n) is 2.47. The number of hydrogen-bond donors (Lipinski definition) is 0. The van der Waals surface area contributed by atoms with Gasteiger partial charge in [-0.1, -0.05) is 36.9 Å². The van der Waals surface area contributed by atoms with Gasteiger partial charge < -0.3 is 4.18 Å². The zero-order valence-electron chi connectivity index (χ0n) is 8.46. The van der Waals surface area contributed by atoms with Crippen LogP contribution in [0.3, 0.4) is 0 Å². The maximum absolute atomic E-state index is 11.0. The Hall–Kier alpha value is -0.550. The summed E-state index contributed by atoms with van der Waals surface area (Å²) in [6, 6.07) is 9.08. The molecule has 1 rings (SSSR count). The van der Waals surface area contributed by atoms with Crippen LogP contribution in [0.5, 0.6) is 0 Å². The molecule has 0 aliphatic heterocycles. The number of hydrogen-bond acceptors (Lipinski definition) is 3. The SMILES string of the molecule is C=COS(=O)(=O)C=Cc1ccccc1.[Na]. The summed E-state index contributed by atoms with van der Waals surface area (Å²) in [6.45, 7) is 3.17. The van der Waals surface area contributed by atoms with Gasteiger partial charge >= 0.3 is 10.1 Å². The van der Waals surface area contributed by atoms with Gasteiger partial charge in [-0.2, -0.15) is 8.42 Å². The quantitative estimate of drug-likeness (QED) is 0.452. The Kier molecular flexibility index (Phi) is 6.60. The molecule has 0 aliphatic rings. The Labute approximate surface area is 112 Å². The summed E-state index contributed by atoms with van der Waals surface area (Å²) in [5.74, 6) is 0. The Bertz CT molecular complexity index is 423. The molecule has 1 radical (unpaired) electrons. The number of rotatable bonds is 4. The predicted molar refractivity (Wildman–Crippen MR) is 61.4 cm³/mol. The van der Waals surface area contributed by atoms with Crippen molar-refractivity contribution in [2.24, 2.45) is 0 Å². The molecule has 0 fully saturated rings. The molecule has 0 atom stereocenters. The Morgan fingerprint density at radius 1 is 1.20 bits per heavy atom. The molecule has 0 bridgehead atoms. The van der Waals surface area contributed by atoms with Gasteiger partial charge in [0.05, 0.1) is 11.7 Å². The average Bonchev–Trinajstić information content (AvgIpc) is 2.17. The molecular weight excluding hydrogens is 223 g/mol. The van der Waals surface area contributed by atoms with Crippen LogP contribution in [-0.2, 0) is 14.3 Å². The largest absolute Gasteiger partial charge is 0.388 e. The molecule has 5 heteroatoms. The third-order valence-corrected chi connectivity index (χ3v) is 2.30. The monoisotopic (exact) mass is 233 g/mol. The summed E-state index contributed by atoms with van der Waals surface area (Å²) >= 11 is 0. The van der Waals surface area contributed by atoms with Crippen LogP contribution in [-0.4, -0.2) is 38.0 Å². The molecule has 0 aromatic heterocycles. The molecule has 0 saturated carbocycles. The van der Waals surface area contributed by atoms with Gasteiger partial charge in [-0.25, -0.2) is 0 Å². The van der Waals surface area contributed by atoms with Gasteiger partial charge in [0.1, 0.15) is 0 Å². The van der Waals surface area contributed by atoms with E-state index in [0.29, 0.717) is 0 Å². The summed E-state index contributed by atoms with van der Waals surface area (Å²) in [4.78, 5) is 0. The van der Waals surface area contributed by atoms with Crippen LogP contribution in [0.4, 0.5) is 0 Å². The van der Waals surface area contributed by atoms with Crippen LogP contribution in [0.15, 0.2) is 48.6 Å². The van der Waals surface area contributed by atoms with E-state index < -0.39 is 10.1 Å². The van der Waals surface area contributed by atoms with E-state index in [1.807, 2.05) is 18.2 Å². The van der Waals surface area contributed by atoms with Crippen LogP contribution in [0.1, 0.15) is 5.56 Å². The van der Waals surface area contributed by atoms with Gasteiger partial charge in [0.15, 0.2) is 0 Å². The first-order chi connectivity index (χ1) is 6.64. The van der Waals surface area contributed by atoms with Gasteiger partial charge in [-0.3, -0.25) is 0 Å². The van der Waals surface area contributed by atoms with Crippen LogP contribution in [0.2, 0.25) is 0 Å². The summed E-state index contributed by atoms with van der Waals surface area (Å²) in [6.07, 6.45) is 2.34. The topological polar surface area (TPSA) is 43.4 Å². The number of benzene rings is 1. The van der Waals surface area contributed by atoms with Crippen molar-refractivity contribution in [2.75, 3.05) is 0 Å². The van der Waals surface area contributed by atoms with Crippen LogP contribution >= 0.6 is 0 Å². The van der Waals surface area contributed by atoms with E-state index in [1.165, 1.54) is 6.08 Å². The van der Waals surface area contributed by atoms with E-state index in [4.69, 9.17) is 0 Å². The van der Waals surface area contributed by atoms with Crippen LogP contribution in [0, 0.1) is 0 Å². The fraction of sp³-hybridized carbons (Fsp3) is 0. The van der Waals surface area contributed by atoms with Gasteiger partial charge in [0.25, 0.3) is 0 Å². The molecule has 0 heterocycles. The molecular formula is C10H10NaO3S. The molecule has 1 aromatic rings. The second-order valence-corrected chi connectivity index (χ2v) is 3.92. The fourth-order valence-electron chi connectivity index (χ4n) is 0.853. The van der Waals surface area contributed by atoms with Crippen molar-refractivity contribution in [3.05, 3.63) is 54.1 Å². The zero-order valence-corrected chi connectivity index (χ0v) is 11.3. The third-order valence-electron chi connectivity index (χ3n) is 1.43. The minimum absolute atomic E-state index is 0. The van der Waals surface area contributed by atoms with Crippen molar-refractivity contribution in [3.63, 3.8) is 0 Å². The normalized spacial score (nSPS) is 10.7. The Balaban J connectivity index is 0.00000196. The molecule has 0 saturated heterocycles.